The highest BCUT2D eigenvalue weighted by Crippen LogP contribution is 2.23. The fraction of sp³-hybridized carbons (Fsp3) is 0.273. The molecule has 0 atom stereocenters. The molecule has 90 valence electrons. The van der Waals surface area contributed by atoms with Crippen LogP contribution >= 0.6 is 11.6 Å². The van der Waals surface area contributed by atoms with Crippen molar-refractivity contribution in [3.63, 3.8) is 0 Å². The fourth-order valence-corrected chi connectivity index (χ4v) is 1.75. The lowest BCUT2D eigenvalue weighted by Gasteiger charge is -2.09. The predicted molar refractivity (Wildman–Crippen MR) is 63.7 cm³/mol. The van der Waals surface area contributed by atoms with Gasteiger partial charge in [-0.05, 0) is 18.7 Å². The summed E-state index contributed by atoms with van der Waals surface area (Å²) in [6.07, 6.45) is 1.59. The molecule has 1 heterocycles. The van der Waals surface area contributed by atoms with E-state index in [9.17, 15) is 4.39 Å². The van der Waals surface area contributed by atoms with E-state index in [0.717, 1.165) is 12.2 Å². The Bertz CT molecular complexity index is 492. The van der Waals surface area contributed by atoms with Gasteiger partial charge in [0.25, 0.3) is 0 Å². The molecule has 0 unspecified atom stereocenters. The Balaban J connectivity index is 2.43. The van der Waals surface area contributed by atoms with Crippen LogP contribution in [0.4, 0.5) is 4.39 Å². The van der Waals surface area contributed by atoms with E-state index >= 15 is 0 Å². The molecule has 0 radical (unpaired) electrons. The minimum absolute atomic E-state index is 0.236. The van der Waals surface area contributed by atoms with E-state index in [-0.39, 0.29) is 5.69 Å². The van der Waals surface area contributed by atoms with Gasteiger partial charge in [-0.1, -0.05) is 29.8 Å². The molecule has 0 spiro atoms. The lowest BCUT2D eigenvalue weighted by atomic mass is 10.3. The number of nitrogens with one attached hydrogen (secondary N) is 1. The number of hydrogen-bond donors (Lipinski definition) is 1. The summed E-state index contributed by atoms with van der Waals surface area (Å²) in [6, 6.07) is 4.53. The Morgan fingerprint density at radius 2 is 2.29 bits per heavy atom. The summed E-state index contributed by atoms with van der Waals surface area (Å²) in [7, 11) is 0. The zero-order valence-electron chi connectivity index (χ0n) is 9.32. The first-order chi connectivity index (χ1) is 8.24. The van der Waals surface area contributed by atoms with Crippen molar-refractivity contribution in [2.24, 2.45) is 0 Å². The molecule has 0 saturated heterocycles. The van der Waals surface area contributed by atoms with Gasteiger partial charge in [-0.2, -0.15) is 0 Å². The largest absolute Gasteiger partial charge is 0.311 e. The molecular formula is C11H12ClFN4. The summed E-state index contributed by atoms with van der Waals surface area (Å²) in [4.78, 5) is 0. The van der Waals surface area contributed by atoms with Crippen LogP contribution in [0.15, 0.2) is 24.4 Å². The molecule has 4 nitrogen and oxygen atoms in total. The molecule has 1 aromatic heterocycles. The molecule has 0 bridgehead atoms. The SMILES string of the molecule is CCNCc1cnnn1-c1c(F)cccc1Cl. The Morgan fingerprint density at radius 1 is 1.47 bits per heavy atom. The maximum atomic E-state index is 13.7. The molecule has 2 rings (SSSR count). The van der Waals surface area contributed by atoms with Gasteiger partial charge in [-0.3, -0.25) is 0 Å². The molecule has 2 aromatic rings. The van der Waals surface area contributed by atoms with Crippen molar-refractivity contribution in [1.82, 2.24) is 20.3 Å². The predicted octanol–water partition coefficient (Wildman–Crippen LogP) is 2.17. The zero-order valence-corrected chi connectivity index (χ0v) is 10.1. The van der Waals surface area contributed by atoms with Gasteiger partial charge in [0.2, 0.25) is 0 Å². The summed E-state index contributed by atoms with van der Waals surface area (Å²) in [6.45, 7) is 3.37. The van der Waals surface area contributed by atoms with Gasteiger partial charge in [0.15, 0.2) is 0 Å². The molecule has 0 aliphatic carbocycles. The van der Waals surface area contributed by atoms with Crippen LogP contribution < -0.4 is 5.32 Å². The van der Waals surface area contributed by atoms with Gasteiger partial charge in [-0.25, -0.2) is 9.07 Å². The lowest BCUT2D eigenvalue weighted by Crippen LogP contribution is -2.16. The molecule has 1 aromatic carbocycles. The number of benzene rings is 1. The van der Waals surface area contributed by atoms with E-state index < -0.39 is 5.82 Å². The second-order valence-electron chi connectivity index (χ2n) is 3.49. The van der Waals surface area contributed by atoms with E-state index in [0.29, 0.717) is 11.6 Å². The van der Waals surface area contributed by atoms with E-state index in [2.05, 4.69) is 15.6 Å². The van der Waals surface area contributed by atoms with E-state index in [1.165, 1.54) is 10.7 Å². The second kappa shape index (κ2) is 5.25. The van der Waals surface area contributed by atoms with Crippen LogP contribution in [-0.4, -0.2) is 21.5 Å². The van der Waals surface area contributed by atoms with Crippen molar-refractivity contribution in [3.05, 3.63) is 40.9 Å². The summed E-state index contributed by atoms with van der Waals surface area (Å²) in [5, 5.41) is 11.1. The first-order valence-electron chi connectivity index (χ1n) is 5.28. The molecule has 0 aliphatic heterocycles. The average molecular weight is 255 g/mol. The second-order valence-corrected chi connectivity index (χ2v) is 3.89. The Hall–Kier alpha value is -1.46. The van der Waals surface area contributed by atoms with Gasteiger partial charge in [0.05, 0.1) is 16.9 Å². The van der Waals surface area contributed by atoms with Crippen molar-refractivity contribution in [2.45, 2.75) is 13.5 Å². The van der Waals surface area contributed by atoms with E-state index in [1.807, 2.05) is 6.92 Å². The number of halogens is 2. The van der Waals surface area contributed by atoms with Crippen LogP contribution in [0.5, 0.6) is 0 Å². The van der Waals surface area contributed by atoms with Gasteiger partial charge < -0.3 is 5.32 Å². The number of hydrogen-bond acceptors (Lipinski definition) is 3. The zero-order chi connectivity index (χ0) is 12.3. The minimum atomic E-state index is -0.416. The van der Waals surface area contributed by atoms with Crippen LogP contribution in [0.2, 0.25) is 5.02 Å². The third-order valence-corrected chi connectivity index (χ3v) is 2.63. The number of rotatable bonds is 4. The van der Waals surface area contributed by atoms with Crippen LogP contribution in [0.1, 0.15) is 12.6 Å². The summed E-state index contributed by atoms with van der Waals surface area (Å²) in [5.41, 5.74) is 0.999. The van der Waals surface area contributed by atoms with Crippen molar-refractivity contribution < 1.29 is 4.39 Å². The first-order valence-corrected chi connectivity index (χ1v) is 5.66. The van der Waals surface area contributed by atoms with Crippen LogP contribution in [-0.2, 0) is 6.54 Å². The first kappa shape index (κ1) is 12.0. The van der Waals surface area contributed by atoms with Crippen LogP contribution in [0.3, 0.4) is 0 Å². The number of nitrogens with zero attached hydrogens (tertiary/aromatic N) is 3. The third-order valence-electron chi connectivity index (χ3n) is 2.33. The molecule has 0 amide bonds. The molecule has 6 heteroatoms. The summed E-state index contributed by atoms with van der Waals surface area (Å²) >= 11 is 5.98. The van der Waals surface area contributed by atoms with Gasteiger partial charge in [0.1, 0.15) is 11.5 Å². The Kier molecular flexibility index (Phi) is 3.71. The number of aromatic nitrogens is 3. The highest BCUT2D eigenvalue weighted by molar-refractivity contribution is 6.32. The van der Waals surface area contributed by atoms with E-state index in [1.54, 1.807) is 18.3 Å². The Labute approximate surface area is 103 Å². The van der Waals surface area contributed by atoms with Crippen LogP contribution in [0.25, 0.3) is 5.69 Å². The van der Waals surface area contributed by atoms with Crippen molar-refractivity contribution in [2.75, 3.05) is 6.54 Å². The summed E-state index contributed by atoms with van der Waals surface area (Å²) < 4.78 is 15.1. The quantitative estimate of drug-likeness (QED) is 0.909. The van der Waals surface area contributed by atoms with E-state index in [4.69, 9.17) is 11.6 Å². The van der Waals surface area contributed by atoms with Gasteiger partial charge >= 0.3 is 0 Å². The minimum Gasteiger partial charge on any atom is -0.311 e. The highest BCUT2D eigenvalue weighted by Gasteiger charge is 2.13. The smallest absolute Gasteiger partial charge is 0.150 e. The standard InChI is InChI=1S/C11H12ClFN4/c1-2-14-6-8-7-15-16-17(8)11-9(12)4-3-5-10(11)13/h3-5,7,14H,2,6H2,1H3. The maximum Gasteiger partial charge on any atom is 0.150 e. The number of para-hydroxylation sites is 1. The lowest BCUT2D eigenvalue weighted by molar-refractivity contribution is 0.596. The van der Waals surface area contributed by atoms with Crippen molar-refractivity contribution in [3.8, 4) is 5.69 Å². The van der Waals surface area contributed by atoms with Gasteiger partial charge in [-0.15, -0.1) is 5.10 Å². The molecule has 0 aliphatic rings. The van der Waals surface area contributed by atoms with Crippen molar-refractivity contribution in [1.29, 1.82) is 0 Å². The van der Waals surface area contributed by atoms with Crippen LogP contribution in [0, 0.1) is 5.82 Å². The highest BCUT2D eigenvalue weighted by atomic mass is 35.5. The third kappa shape index (κ3) is 2.45. The fourth-order valence-electron chi connectivity index (χ4n) is 1.51. The normalized spacial score (nSPS) is 10.8. The molecule has 0 saturated carbocycles. The molecular weight excluding hydrogens is 243 g/mol. The summed E-state index contributed by atoms with van der Waals surface area (Å²) in [5.74, 6) is -0.416. The monoisotopic (exact) mass is 254 g/mol. The molecule has 0 fully saturated rings. The maximum absolute atomic E-state index is 13.7. The molecule has 17 heavy (non-hydrogen) atoms. The average Bonchev–Trinajstić information content (AvgIpc) is 2.74. The topological polar surface area (TPSA) is 42.7 Å². The molecule has 1 N–H and O–H groups in total. The Morgan fingerprint density at radius 3 is 3.00 bits per heavy atom. The van der Waals surface area contributed by atoms with Crippen molar-refractivity contribution >= 4 is 11.6 Å². The van der Waals surface area contributed by atoms with Gasteiger partial charge in [0, 0.05) is 6.54 Å².